The zero-order valence-electron chi connectivity index (χ0n) is 14.6. The predicted molar refractivity (Wildman–Crippen MR) is 121 cm³/mol. The van der Waals surface area contributed by atoms with Crippen LogP contribution in [0.2, 0.25) is 0 Å². The van der Waals surface area contributed by atoms with Gasteiger partial charge in [-0.2, -0.15) is 10.5 Å². The van der Waals surface area contributed by atoms with Crippen LogP contribution in [0.4, 0.5) is 0 Å². The Kier molecular flexibility index (Phi) is 8.21. The lowest BCUT2D eigenvalue weighted by atomic mass is 10.4. The number of nitriles is 2. The largest absolute Gasteiger partial charge is 0.198 e. The second-order valence-corrected chi connectivity index (χ2v) is 16.7. The van der Waals surface area contributed by atoms with Gasteiger partial charge in [-0.15, -0.1) is 0 Å². The summed E-state index contributed by atoms with van der Waals surface area (Å²) in [6.45, 7) is 0. The van der Waals surface area contributed by atoms with E-state index in [9.17, 15) is 0 Å². The van der Waals surface area contributed by atoms with Crippen molar-refractivity contribution in [1.29, 1.82) is 10.5 Å². The van der Waals surface area contributed by atoms with Gasteiger partial charge < -0.3 is 0 Å². The maximum atomic E-state index is 9.07. The van der Waals surface area contributed by atoms with Crippen molar-refractivity contribution >= 4 is 46.3 Å². The molecule has 0 radical (unpaired) electrons. The van der Waals surface area contributed by atoms with Gasteiger partial charge in [-0.3, -0.25) is 0 Å². The minimum Gasteiger partial charge on any atom is -0.198 e. The Bertz CT molecular complexity index is 808. The first kappa shape index (κ1) is 21.0. The second kappa shape index (κ2) is 10.2. The van der Waals surface area contributed by atoms with Gasteiger partial charge in [0.2, 0.25) is 0 Å². The van der Waals surface area contributed by atoms with Crippen LogP contribution in [0.25, 0.3) is 0 Å². The number of hydrogen-bond donors (Lipinski definition) is 0. The second-order valence-electron chi connectivity index (χ2n) is 6.16. The Labute approximate surface area is 166 Å². The molecule has 0 aliphatic heterocycles. The molecule has 6 heteroatoms. The Morgan fingerprint density at radius 2 is 0.962 bits per heavy atom. The van der Waals surface area contributed by atoms with E-state index in [-0.39, 0.29) is 0 Å². The molecule has 0 bridgehead atoms. The molecule has 2 nitrogen and oxygen atoms in total. The average molecular weight is 416 g/mol. The molecule has 2 atom stereocenters. The van der Waals surface area contributed by atoms with Gasteiger partial charge in [-0.25, -0.2) is 0 Å². The van der Waals surface area contributed by atoms with Crippen molar-refractivity contribution in [2.45, 2.75) is 12.8 Å². The van der Waals surface area contributed by atoms with E-state index < -0.39 is 12.1 Å². The van der Waals surface area contributed by atoms with E-state index in [4.69, 9.17) is 34.1 Å². The number of benzene rings is 2. The van der Waals surface area contributed by atoms with Crippen LogP contribution < -0.4 is 10.6 Å². The SMILES string of the molecule is N#CCC[P@@](=S)(CC[P@](=S)(CCC#N)c1ccccc1)c1ccccc1. The molecule has 0 aliphatic rings. The van der Waals surface area contributed by atoms with Crippen molar-refractivity contribution in [3.8, 4) is 12.1 Å². The van der Waals surface area contributed by atoms with Crippen LogP contribution in [0.15, 0.2) is 60.7 Å². The molecule has 0 N–H and O–H groups in total. The van der Waals surface area contributed by atoms with Gasteiger partial charge in [0.25, 0.3) is 0 Å². The average Bonchev–Trinajstić information content (AvgIpc) is 2.70. The predicted octanol–water partition coefficient (Wildman–Crippen LogP) is 4.42. The van der Waals surface area contributed by atoms with Gasteiger partial charge in [0, 0.05) is 12.8 Å². The van der Waals surface area contributed by atoms with E-state index in [1.54, 1.807) is 0 Å². The summed E-state index contributed by atoms with van der Waals surface area (Å²) in [6, 6.07) is 21.3. The summed E-state index contributed by atoms with van der Waals surface area (Å²) < 4.78 is 0. The number of rotatable bonds is 9. The molecule has 2 rings (SSSR count). The van der Waals surface area contributed by atoms with Gasteiger partial charge >= 0.3 is 0 Å². The lowest BCUT2D eigenvalue weighted by molar-refractivity contribution is 1.21. The van der Waals surface area contributed by atoms with E-state index in [1.165, 1.54) is 10.6 Å². The summed E-state index contributed by atoms with van der Waals surface area (Å²) in [4.78, 5) is 0. The Morgan fingerprint density at radius 3 is 1.27 bits per heavy atom. The standard InChI is InChI=1S/C20H22N2P2S2/c21-13-7-15-23(25,19-9-3-1-4-10-19)17-18-24(26,16-8-14-22)20-11-5-2-6-12-20/h1-6,9-12H,7-8,15-18H2/t23-,24-/m1/s1. The zero-order valence-corrected chi connectivity index (χ0v) is 18.0. The first-order valence-electron chi connectivity index (χ1n) is 8.55. The molecule has 0 spiro atoms. The van der Waals surface area contributed by atoms with E-state index in [1.807, 2.05) is 36.4 Å². The van der Waals surface area contributed by atoms with Crippen LogP contribution in [0.5, 0.6) is 0 Å². The molecule has 0 saturated heterocycles. The van der Waals surface area contributed by atoms with Crippen molar-refractivity contribution in [3.05, 3.63) is 60.7 Å². The quantitative estimate of drug-likeness (QED) is 0.568. The smallest absolute Gasteiger partial charge is 0.0625 e. The van der Waals surface area contributed by atoms with Gasteiger partial charge in [0.1, 0.15) is 0 Å². The van der Waals surface area contributed by atoms with E-state index in [0.717, 1.165) is 24.6 Å². The monoisotopic (exact) mass is 416 g/mol. The lowest BCUT2D eigenvalue weighted by Gasteiger charge is -2.27. The lowest BCUT2D eigenvalue weighted by Crippen LogP contribution is -2.17. The van der Waals surface area contributed by atoms with E-state index in [0.29, 0.717) is 12.8 Å². The molecular formula is C20H22N2P2S2. The van der Waals surface area contributed by atoms with Crippen molar-refractivity contribution in [3.63, 3.8) is 0 Å². The summed E-state index contributed by atoms with van der Waals surface area (Å²) in [7, 11) is 0. The molecule has 0 aliphatic carbocycles. The summed E-state index contributed by atoms with van der Waals surface area (Å²) in [6.07, 6.45) is 4.21. The van der Waals surface area contributed by atoms with Crippen LogP contribution in [-0.2, 0) is 23.6 Å². The Balaban J connectivity index is 2.29. The number of nitrogens with zero attached hydrogens (tertiary/aromatic N) is 2. The highest BCUT2D eigenvalue weighted by atomic mass is 32.4. The fourth-order valence-electron chi connectivity index (χ4n) is 2.92. The molecule has 26 heavy (non-hydrogen) atoms. The van der Waals surface area contributed by atoms with Crippen molar-refractivity contribution in [2.75, 3.05) is 24.6 Å². The van der Waals surface area contributed by atoms with Crippen LogP contribution in [0.1, 0.15) is 12.8 Å². The highest BCUT2D eigenvalue weighted by Crippen LogP contribution is 2.53. The van der Waals surface area contributed by atoms with Crippen LogP contribution in [0.3, 0.4) is 0 Å². The highest BCUT2D eigenvalue weighted by molar-refractivity contribution is 8.20. The molecule has 134 valence electrons. The van der Waals surface area contributed by atoms with Crippen LogP contribution >= 0.6 is 12.1 Å². The Hall–Kier alpha value is -1.28. The topological polar surface area (TPSA) is 47.6 Å². The molecule has 0 aromatic heterocycles. The number of hydrogen-bond acceptors (Lipinski definition) is 4. The Morgan fingerprint density at radius 1 is 0.615 bits per heavy atom. The first-order chi connectivity index (χ1) is 12.5. The zero-order chi connectivity index (χ0) is 18.9. The summed E-state index contributed by atoms with van der Waals surface area (Å²) >= 11 is 12.3. The van der Waals surface area contributed by atoms with Crippen molar-refractivity contribution in [2.24, 2.45) is 0 Å². The molecule has 0 amide bonds. The molecule has 0 saturated carbocycles. The van der Waals surface area contributed by atoms with Crippen LogP contribution in [0, 0.1) is 22.7 Å². The third-order valence-electron chi connectivity index (χ3n) is 4.45. The molecule has 0 heterocycles. The summed E-state index contributed by atoms with van der Waals surface area (Å²) in [5.74, 6) is 0. The normalized spacial score (nSPS) is 15.2. The van der Waals surface area contributed by atoms with Gasteiger partial charge in [-0.05, 0) is 47.3 Å². The van der Waals surface area contributed by atoms with E-state index >= 15 is 0 Å². The third kappa shape index (κ3) is 5.61. The minimum atomic E-state index is -1.85. The highest BCUT2D eigenvalue weighted by Gasteiger charge is 2.25. The maximum Gasteiger partial charge on any atom is 0.0625 e. The maximum absolute atomic E-state index is 9.07. The molecule has 2 aromatic carbocycles. The minimum absolute atomic E-state index is 0.485. The summed E-state index contributed by atoms with van der Waals surface area (Å²) in [5.41, 5.74) is 0. The van der Waals surface area contributed by atoms with Crippen molar-refractivity contribution in [1.82, 2.24) is 0 Å². The van der Waals surface area contributed by atoms with Gasteiger partial charge in [0.05, 0.1) is 12.1 Å². The van der Waals surface area contributed by atoms with Crippen molar-refractivity contribution < 1.29 is 0 Å². The fraction of sp³-hybridized carbons (Fsp3) is 0.300. The molecule has 0 fully saturated rings. The molecule has 0 unspecified atom stereocenters. The summed E-state index contributed by atoms with van der Waals surface area (Å²) in [5, 5.41) is 20.5. The molecule has 2 aromatic rings. The first-order valence-corrected chi connectivity index (χ1v) is 14.9. The van der Waals surface area contributed by atoms with Gasteiger partial charge in [-0.1, -0.05) is 84.3 Å². The van der Waals surface area contributed by atoms with E-state index in [2.05, 4.69) is 36.4 Å². The van der Waals surface area contributed by atoms with Crippen LogP contribution in [-0.4, -0.2) is 24.6 Å². The van der Waals surface area contributed by atoms with Gasteiger partial charge in [0.15, 0.2) is 0 Å². The third-order valence-corrected chi connectivity index (χ3v) is 14.5. The molecular weight excluding hydrogens is 394 g/mol. The fourth-order valence-corrected chi connectivity index (χ4v) is 12.1.